The van der Waals surface area contributed by atoms with Crippen LogP contribution < -0.4 is 0 Å². The molecule has 0 aliphatic heterocycles. The summed E-state index contributed by atoms with van der Waals surface area (Å²) in [4.78, 5) is 11.0. The van der Waals surface area contributed by atoms with Crippen LogP contribution in [0.3, 0.4) is 0 Å². The lowest BCUT2D eigenvalue weighted by Crippen LogP contribution is -2.25. The second kappa shape index (κ2) is 5.02. The van der Waals surface area contributed by atoms with Crippen molar-refractivity contribution in [3.63, 3.8) is 0 Å². The fraction of sp³-hybridized carbons (Fsp3) is 0.700. The normalized spacial score (nSPS) is 10.8. The van der Waals surface area contributed by atoms with Gasteiger partial charge in [0.05, 0.1) is 13.2 Å². The summed E-state index contributed by atoms with van der Waals surface area (Å²) in [7, 11) is 0. The van der Waals surface area contributed by atoms with E-state index in [0.29, 0.717) is 0 Å². The predicted molar refractivity (Wildman–Crippen MR) is 51.3 cm³/mol. The minimum atomic E-state index is -0.356. The van der Waals surface area contributed by atoms with E-state index < -0.39 is 0 Å². The van der Waals surface area contributed by atoms with E-state index >= 15 is 0 Å². The molecule has 3 heteroatoms. The second-order valence-electron chi connectivity index (χ2n) is 4.15. The maximum Gasteiger partial charge on any atom is 0.330 e. The van der Waals surface area contributed by atoms with E-state index in [4.69, 9.17) is 9.84 Å². The number of carbonyl (C=O) groups is 1. The smallest absolute Gasteiger partial charge is 0.330 e. The molecule has 0 radical (unpaired) electrons. The molecule has 0 aromatic carbocycles. The van der Waals surface area contributed by atoms with Gasteiger partial charge in [0.1, 0.15) is 0 Å². The van der Waals surface area contributed by atoms with Crippen LogP contribution in [0.4, 0.5) is 0 Å². The van der Waals surface area contributed by atoms with Gasteiger partial charge in [0, 0.05) is 11.5 Å². The molecule has 0 spiro atoms. The number of hydrogen-bond acceptors (Lipinski definition) is 3. The lowest BCUT2D eigenvalue weighted by atomic mass is 9.97. The maximum atomic E-state index is 11.0. The van der Waals surface area contributed by atoms with Crippen molar-refractivity contribution < 1.29 is 14.6 Å². The molecule has 0 unspecified atom stereocenters. The van der Waals surface area contributed by atoms with Gasteiger partial charge in [0.25, 0.3) is 0 Å². The van der Waals surface area contributed by atoms with E-state index in [1.54, 1.807) is 0 Å². The van der Waals surface area contributed by atoms with Gasteiger partial charge in [-0.1, -0.05) is 19.4 Å². The summed E-state index contributed by atoms with van der Waals surface area (Å²) in [6.45, 7) is 7.59. The lowest BCUT2D eigenvalue weighted by molar-refractivity contribution is -0.141. The SMILES string of the molecule is CC(C)=CC(=O)OCC(C)(C)CO. The van der Waals surface area contributed by atoms with Gasteiger partial charge in [-0.25, -0.2) is 4.79 Å². The van der Waals surface area contributed by atoms with Gasteiger partial charge >= 0.3 is 5.97 Å². The van der Waals surface area contributed by atoms with Crippen LogP contribution in [-0.2, 0) is 9.53 Å². The number of hydrogen-bond donors (Lipinski definition) is 1. The first-order chi connectivity index (χ1) is 5.87. The molecular weight excluding hydrogens is 168 g/mol. The summed E-state index contributed by atoms with van der Waals surface area (Å²) in [6, 6.07) is 0. The zero-order valence-electron chi connectivity index (χ0n) is 8.76. The lowest BCUT2D eigenvalue weighted by Gasteiger charge is -2.20. The Labute approximate surface area is 79.4 Å². The second-order valence-corrected chi connectivity index (χ2v) is 4.15. The van der Waals surface area contributed by atoms with Crippen molar-refractivity contribution in [3.05, 3.63) is 11.6 Å². The summed E-state index contributed by atoms with van der Waals surface area (Å²) >= 11 is 0. The quantitative estimate of drug-likeness (QED) is 0.535. The van der Waals surface area contributed by atoms with Crippen LogP contribution in [-0.4, -0.2) is 24.3 Å². The number of esters is 1. The topological polar surface area (TPSA) is 46.5 Å². The molecule has 0 aliphatic rings. The first-order valence-corrected chi connectivity index (χ1v) is 4.30. The van der Waals surface area contributed by atoms with Crippen LogP contribution in [0, 0.1) is 5.41 Å². The third-order valence-electron chi connectivity index (χ3n) is 1.44. The van der Waals surface area contributed by atoms with Gasteiger partial charge in [0.15, 0.2) is 0 Å². The molecule has 0 rings (SSSR count). The monoisotopic (exact) mass is 186 g/mol. The molecule has 0 aromatic heterocycles. The summed E-state index contributed by atoms with van der Waals surface area (Å²) in [6.07, 6.45) is 1.44. The maximum absolute atomic E-state index is 11.0. The third kappa shape index (κ3) is 6.34. The van der Waals surface area contributed by atoms with Crippen LogP contribution in [0.5, 0.6) is 0 Å². The summed E-state index contributed by atoms with van der Waals surface area (Å²) in [5.74, 6) is -0.346. The summed E-state index contributed by atoms with van der Waals surface area (Å²) < 4.78 is 4.93. The number of aliphatic hydroxyl groups excluding tert-OH is 1. The molecule has 0 atom stereocenters. The van der Waals surface area contributed by atoms with E-state index in [-0.39, 0.29) is 24.6 Å². The fourth-order valence-corrected chi connectivity index (χ4v) is 0.590. The molecular formula is C10H18O3. The molecule has 0 heterocycles. The zero-order chi connectivity index (χ0) is 10.5. The van der Waals surface area contributed by atoms with Crippen molar-refractivity contribution >= 4 is 5.97 Å². The molecule has 1 N–H and O–H groups in total. The largest absolute Gasteiger partial charge is 0.462 e. The van der Waals surface area contributed by atoms with Crippen LogP contribution >= 0.6 is 0 Å². The Morgan fingerprint density at radius 2 is 2.00 bits per heavy atom. The van der Waals surface area contributed by atoms with Crippen molar-refractivity contribution in [2.45, 2.75) is 27.7 Å². The average Bonchev–Trinajstić information content (AvgIpc) is 2.00. The Morgan fingerprint density at radius 1 is 1.46 bits per heavy atom. The highest BCUT2D eigenvalue weighted by molar-refractivity contribution is 5.82. The highest BCUT2D eigenvalue weighted by atomic mass is 16.5. The van der Waals surface area contributed by atoms with E-state index in [1.807, 2.05) is 27.7 Å². The Hall–Kier alpha value is -0.830. The average molecular weight is 186 g/mol. The van der Waals surface area contributed by atoms with Crippen molar-refractivity contribution in [3.8, 4) is 0 Å². The van der Waals surface area contributed by atoms with Gasteiger partial charge in [-0.3, -0.25) is 0 Å². The zero-order valence-corrected chi connectivity index (χ0v) is 8.76. The number of carbonyl (C=O) groups excluding carboxylic acids is 1. The van der Waals surface area contributed by atoms with E-state index in [1.165, 1.54) is 6.08 Å². The Bertz CT molecular complexity index is 200. The molecule has 0 amide bonds. The molecule has 0 aromatic rings. The first-order valence-electron chi connectivity index (χ1n) is 4.30. The highest BCUT2D eigenvalue weighted by Crippen LogP contribution is 2.13. The summed E-state index contributed by atoms with van der Waals surface area (Å²) in [5.41, 5.74) is 0.553. The minimum Gasteiger partial charge on any atom is -0.462 e. The Kier molecular flexibility index (Phi) is 4.70. The Morgan fingerprint density at radius 3 is 2.38 bits per heavy atom. The van der Waals surface area contributed by atoms with E-state index in [9.17, 15) is 4.79 Å². The van der Waals surface area contributed by atoms with Crippen LogP contribution in [0.15, 0.2) is 11.6 Å². The van der Waals surface area contributed by atoms with Crippen LogP contribution in [0.1, 0.15) is 27.7 Å². The van der Waals surface area contributed by atoms with Crippen LogP contribution in [0.25, 0.3) is 0 Å². The van der Waals surface area contributed by atoms with Crippen LogP contribution in [0.2, 0.25) is 0 Å². The molecule has 0 saturated heterocycles. The van der Waals surface area contributed by atoms with Crippen molar-refractivity contribution in [2.75, 3.05) is 13.2 Å². The highest BCUT2D eigenvalue weighted by Gasteiger charge is 2.18. The fourth-order valence-electron chi connectivity index (χ4n) is 0.590. The van der Waals surface area contributed by atoms with Crippen molar-refractivity contribution in [1.29, 1.82) is 0 Å². The number of rotatable bonds is 4. The summed E-state index contributed by atoms with van der Waals surface area (Å²) in [5, 5.41) is 8.88. The molecule has 13 heavy (non-hydrogen) atoms. The predicted octanol–water partition coefficient (Wildman–Crippen LogP) is 1.51. The number of allylic oxidation sites excluding steroid dienone is 1. The van der Waals surface area contributed by atoms with Gasteiger partial charge in [0.2, 0.25) is 0 Å². The molecule has 76 valence electrons. The minimum absolute atomic E-state index is 0.00903. The van der Waals surface area contributed by atoms with Gasteiger partial charge in [-0.05, 0) is 13.8 Å². The van der Waals surface area contributed by atoms with Gasteiger partial charge < -0.3 is 9.84 Å². The Balaban J connectivity index is 3.90. The van der Waals surface area contributed by atoms with Crippen molar-refractivity contribution in [2.24, 2.45) is 5.41 Å². The molecule has 0 saturated carbocycles. The first kappa shape index (κ1) is 12.2. The molecule has 3 nitrogen and oxygen atoms in total. The standard InChI is InChI=1S/C10H18O3/c1-8(2)5-9(12)13-7-10(3,4)6-11/h5,11H,6-7H2,1-4H3. The van der Waals surface area contributed by atoms with Crippen molar-refractivity contribution in [1.82, 2.24) is 0 Å². The number of aliphatic hydroxyl groups is 1. The van der Waals surface area contributed by atoms with Gasteiger partial charge in [-0.2, -0.15) is 0 Å². The third-order valence-corrected chi connectivity index (χ3v) is 1.44. The van der Waals surface area contributed by atoms with E-state index in [2.05, 4.69) is 0 Å². The molecule has 0 bridgehead atoms. The van der Waals surface area contributed by atoms with E-state index in [0.717, 1.165) is 5.57 Å². The van der Waals surface area contributed by atoms with Gasteiger partial charge in [-0.15, -0.1) is 0 Å². The molecule has 0 aliphatic carbocycles. The molecule has 0 fully saturated rings. The number of ether oxygens (including phenoxy) is 1.